The van der Waals surface area contributed by atoms with Gasteiger partial charge in [0.05, 0.1) is 39.6 Å². The maximum Gasteiger partial charge on any atom is 0.0701 e. The molecule has 2 fully saturated rings. The first kappa shape index (κ1) is 20.4. The van der Waals surface area contributed by atoms with Gasteiger partial charge >= 0.3 is 0 Å². The zero-order valence-electron chi connectivity index (χ0n) is 16.5. The van der Waals surface area contributed by atoms with E-state index >= 15 is 0 Å². The van der Waals surface area contributed by atoms with Crippen molar-refractivity contribution in [1.29, 1.82) is 0 Å². The molecule has 1 aromatic rings. The van der Waals surface area contributed by atoms with Gasteiger partial charge in [0.1, 0.15) is 0 Å². The maximum absolute atomic E-state index is 5.79. The lowest BCUT2D eigenvalue weighted by molar-refractivity contribution is 0.0516. The Morgan fingerprint density at radius 3 is 1.63 bits per heavy atom. The Morgan fingerprint density at radius 2 is 1.04 bits per heavy atom. The van der Waals surface area contributed by atoms with Crippen LogP contribution in [-0.2, 0) is 14.2 Å². The van der Waals surface area contributed by atoms with Gasteiger partial charge in [0.25, 0.3) is 0 Å². The predicted octanol–water partition coefficient (Wildman–Crippen LogP) is 2.14. The molecule has 0 aromatic heterocycles. The highest BCUT2D eigenvalue weighted by molar-refractivity contribution is 5.56. The topological polar surface area (TPSA) is 46.2 Å². The van der Waals surface area contributed by atoms with E-state index in [0.717, 1.165) is 46.0 Å². The van der Waals surface area contributed by atoms with Crippen molar-refractivity contribution in [2.24, 2.45) is 0 Å². The molecule has 152 valence electrons. The summed E-state index contributed by atoms with van der Waals surface area (Å²) in [7, 11) is 0. The van der Waals surface area contributed by atoms with Crippen molar-refractivity contribution in [3.63, 3.8) is 0 Å². The normalized spacial score (nSPS) is 22.1. The van der Waals surface area contributed by atoms with Gasteiger partial charge in [0, 0.05) is 50.6 Å². The van der Waals surface area contributed by atoms with Crippen LogP contribution < -0.4 is 15.1 Å². The largest absolute Gasteiger partial charge is 0.378 e. The van der Waals surface area contributed by atoms with Crippen molar-refractivity contribution in [3.8, 4) is 0 Å². The first-order valence-electron chi connectivity index (χ1n) is 10.5. The van der Waals surface area contributed by atoms with Crippen LogP contribution in [-0.4, -0.2) is 78.9 Å². The highest BCUT2D eigenvalue weighted by Gasteiger charge is 2.12. The molecule has 0 aliphatic carbocycles. The molecular weight excluding hydrogens is 342 g/mol. The van der Waals surface area contributed by atoms with Crippen LogP contribution in [0.1, 0.15) is 19.3 Å². The number of hydrogen-bond acceptors (Lipinski definition) is 6. The van der Waals surface area contributed by atoms with Crippen LogP contribution in [0, 0.1) is 0 Å². The van der Waals surface area contributed by atoms with Gasteiger partial charge < -0.3 is 29.3 Å². The van der Waals surface area contributed by atoms with E-state index in [9.17, 15) is 0 Å². The SMILES string of the molecule is c1cc(N2CCOCCNCCOCCOCC2)ccc1N1CCCCC1. The van der Waals surface area contributed by atoms with Gasteiger partial charge in [-0.3, -0.25) is 0 Å². The number of nitrogens with zero attached hydrogens (tertiary/aromatic N) is 2. The minimum Gasteiger partial charge on any atom is -0.378 e. The lowest BCUT2D eigenvalue weighted by Gasteiger charge is -2.30. The monoisotopic (exact) mass is 377 g/mol. The summed E-state index contributed by atoms with van der Waals surface area (Å²) < 4.78 is 17.1. The fourth-order valence-electron chi connectivity index (χ4n) is 3.58. The summed E-state index contributed by atoms with van der Waals surface area (Å²) in [6.07, 6.45) is 3.98. The summed E-state index contributed by atoms with van der Waals surface area (Å²) in [6, 6.07) is 9.00. The third-order valence-electron chi connectivity index (χ3n) is 5.17. The Balaban J connectivity index is 1.54. The second-order valence-electron chi connectivity index (χ2n) is 7.14. The second kappa shape index (κ2) is 12.2. The standard InChI is InChI=1S/C21H35N3O3/c1-2-10-23(11-3-1)20-4-6-21(7-5-20)24-12-16-25-14-8-22-9-15-26-18-19-27-17-13-24/h4-7,22H,1-3,8-19H2. The first-order valence-corrected chi connectivity index (χ1v) is 10.5. The summed E-state index contributed by atoms with van der Waals surface area (Å²) in [5.74, 6) is 0. The summed E-state index contributed by atoms with van der Waals surface area (Å²) in [5, 5.41) is 3.33. The predicted molar refractivity (Wildman–Crippen MR) is 110 cm³/mol. The van der Waals surface area contributed by atoms with Crippen LogP contribution in [0.4, 0.5) is 11.4 Å². The average molecular weight is 378 g/mol. The van der Waals surface area contributed by atoms with E-state index in [1.54, 1.807) is 0 Å². The van der Waals surface area contributed by atoms with Gasteiger partial charge in [-0.1, -0.05) is 0 Å². The molecule has 1 N–H and O–H groups in total. The van der Waals surface area contributed by atoms with Gasteiger partial charge in [0.2, 0.25) is 0 Å². The van der Waals surface area contributed by atoms with Gasteiger partial charge in [0.15, 0.2) is 0 Å². The number of ether oxygens (including phenoxy) is 3. The number of hydrogen-bond donors (Lipinski definition) is 1. The molecule has 2 heterocycles. The lowest BCUT2D eigenvalue weighted by atomic mass is 10.1. The molecule has 0 unspecified atom stereocenters. The first-order chi connectivity index (χ1) is 13.4. The molecule has 2 aliphatic heterocycles. The molecule has 0 spiro atoms. The fraction of sp³-hybridized carbons (Fsp3) is 0.714. The van der Waals surface area contributed by atoms with Crippen LogP contribution in [0.3, 0.4) is 0 Å². The van der Waals surface area contributed by atoms with Crippen molar-refractivity contribution in [2.45, 2.75) is 19.3 Å². The average Bonchev–Trinajstić information content (AvgIpc) is 2.74. The van der Waals surface area contributed by atoms with Crippen molar-refractivity contribution in [1.82, 2.24) is 5.32 Å². The van der Waals surface area contributed by atoms with E-state index < -0.39 is 0 Å². The van der Waals surface area contributed by atoms with Crippen molar-refractivity contribution in [3.05, 3.63) is 24.3 Å². The third-order valence-corrected chi connectivity index (χ3v) is 5.17. The quantitative estimate of drug-likeness (QED) is 0.852. The number of piperidine rings is 1. The van der Waals surface area contributed by atoms with Crippen molar-refractivity contribution >= 4 is 11.4 Å². The number of benzene rings is 1. The summed E-state index contributed by atoms with van der Waals surface area (Å²) in [6.45, 7) is 10.0. The molecular formula is C21H35N3O3. The Kier molecular flexibility index (Phi) is 9.20. The van der Waals surface area contributed by atoms with Crippen LogP contribution >= 0.6 is 0 Å². The van der Waals surface area contributed by atoms with E-state index in [2.05, 4.69) is 39.4 Å². The van der Waals surface area contributed by atoms with Crippen LogP contribution in [0.5, 0.6) is 0 Å². The minimum absolute atomic E-state index is 0.651. The van der Waals surface area contributed by atoms with Crippen LogP contribution in [0.15, 0.2) is 24.3 Å². The van der Waals surface area contributed by atoms with E-state index in [0.29, 0.717) is 19.8 Å². The van der Waals surface area contributed by atoms with E-state index in [1.807, 2.05) is 0 Å². The zero-order chi connectivity index (χ0) is 18.6. The molecule has 3 rings (SSSR count). The van der Waals surface area contributed by atoms with Gasteiger partial charge in [-0.2, -0.15) is 0 Å². The smallest absolute Gasteiger partial charge is 0.0701 e. The molecule has 1 aromatic carbocycles. The Bertz CT molecular complexity index is 490. The Hall–Kier alpha value is -1.34. The zero-order valence-corrected chi connectivity index (χ0v) is 16.5. The second-order valence-corrected chi connectivity index (χ2v) is 7.14. The number of rotatable bonds is 2. The molecule has 2 aliphatic rings. The molecule has 2 saturated heterocycles. The Labute approximate surface area is 163 Å². The molecule has 0 atom stereocenters. The molecule has 0 bridgehead atoms. The van der Waals surface area contributed by atoms with Crippen molar-refractivity contribution in [2.75, 3.05) is 88.7 Å². The van der Waals surface area contributed by atoms with Gasteiger partial charge in [-0.05, 0) is 43.5 Å². The third kappa shape index (κ3) is 7.30. The molecule has 27 heavy (non-hydrogen) atoms. The fourth-order valence-corrected chi connectivity index (χ4v) is 3.58. The molecule has 6 nitrogen and oxygen atoms in total. The van der Waals surface area contributed by atoms with Crippen LogP contribution in [0.25, 0.3) is 0 Å². The molecule has 6 heteroatoms. The highest BCUT2D eigenvalue weighted by atomic mass is 16.5. The number of anilines is 2. The van der Waals surface area contributed by atoms with E-state index in [4.69, 9.17) is 14.2 Å². The number of nitrogens with one attached hydrogen (secondary N) is 1. The van der Waals surface area contributed by atoms with E-state index in [1.165, 1.54) is 43.7 Å². The summed E-state index contributed by atoms with van der Waals surface area (Å²) >= 11 is 0. The summed E-state index contributed by atoms with van der Waals surface area (Å²) in [4.78, 5) is 4.85. The van der Waals surface area contributed by atoms with Gasteiger partial charge in [-0.25, -0.2) is 0 Å². The molecule has 0 saturated carbocycles. The van der Waals surface area contributed by atoms with Crippen LogP contribution in [0.2, 0.25) is 0 Å². The minimum atomic E-state index is 0.651. The molecule has 0 amide bonds. The molecule has 0 radical (unpaired) electrons. The van der Waals surface area contributed by atoms with Crippen molar-refractivity contribution < 1.29 is 14.2 Å². The lowest BCUT2D eigenvalue weighted by Crippen LogP contribution is -2.32. The van der Waals surface area contributed by atoms with Gasteiger partial charge in [-0.15, -0.1) is 0 Å². The highest BCUT2D eigenvalue weighted by Crippen LogP contribution is 2.23. The van der Waals surface area contributed by atoms with E-state index in [-0.39, 0.29) is 0 Å². The summed E-state index contributed by atoms with van der Waals surface area (Å²) in [5.41, 5.74) is 2.58. The Morgan fingerprint density at radius 1 is 0.556 bits per heavy atom. The maximum atomic E-state index is 5.79.